The quantitative estimate of drug-likeness (QED) is 0.675. The van der Waals surface area contributed by atoms with Gasteiger partial charge in [0.05, 0.1) is 4.88 Å². The highest BCUT2D eigenvalue weighted by Crippen LogP contribution is 2.33. The van der Waals surface area contributed by atoms with Crippen molar-refractivity contribution in [2.24, 2.45) is 0 Å². The zero-order valence-corrected chi connectivity index (χ0v) is 14.4. The van der Waals surface area contributed by atoms with Crippen molar-refractivity contribution in [3.8, 4) is 11.1 Å². The third-order valence-electron chi connectivity index (χ3n) is 3.46. The molecule has 118 valence electrons. The summed E-state index contributed by atoms with van der Waals surface area (Å²) in [6.07, 6.45) is 0. The van der Waals surface area contributed by atoms with Crippen LogP contribution in [0.2, 0.25) is 0 Å². The molecule has 0 aliphatic carbocycles. The van der Waals surface area contributed by atoms with Crippen LogP contribution in [-0.4, -0.2) is 12.8 Å². The molecule has 0 radical (unpaired) electrons. The Hall–Kier alpha value is -1.94. The molecule has 3 aromatic rings. The summed E-state index contributed by atoms with van der Waals surface area (Å²) in [4.78, 5) is 14.8. The highest BCUT2D eigenvalue weighted by Gasteiger charge is 2.18. The summed E-state index contributed by atoms with van der Waals surface area (Å²) in [6.45, 7) is 0.770. The standard InChI is InChI=1S/C19H17NOS.ClH/c1-20-13-16-12-17(14-8-4-2-5-9-14)19(22-16)18(21)15-10-6-3-7-11-15;/h2-12,20H,13H2,1H3;1H. The molecule has 0 unspecified atom stereocenters. The Morgan fingerprint density at radius 1 is 1.00 bits per heavy atom. The van der Waals surface area contributed by atoms with E-state index in [2.05, 4.69) is 11.4 Å². The lowest BCUT2D eigenvalue weighted by Gasteiger charge is -2.03. The first-order valence-electron chi connectivity index (χ1n) is 7.22. The van der Waals surface area contributed by atoms with Gasteiger partial charge in [-0.25, -0.2) is 0 Å². The van der Waals surface area contributed by atoms with Crippen LogP contribution in [0.15, 0.2) is 66.7 Å². The second-order valence-corrected chi connectivity index (χ2v) is 6.18. The van der Waals surface area contributed by atoms with Gasteiger partial charge in [-0.1, -0.05) is 60.7 Å². The van der Waals surface area contributed by atoms with Gasteiger partial charge in [-0.05, 0) is 18.7 Å². The van der Waals surface area contributed by atoms with Crippen molar-refractivity contribution in [1.29, 1.82) is 0 Å². The molecule has 0 amide bonds. The van der Waals surface area contributed by atoms with Crippen LogP contribution in [-0.2, 0) is 6.54 Å². The van der Waals surface area contributed by atoms with Crippen LogP contribution >= 0.6 is 23.7 Å². The van der Waals surface area contributed by atoms with E-state index < -0.39 is 0 Å². The Bertz CT molecular complexity index is 769. The topological polar surface area (TPSA) is 29.1 Å². The lowest BCUT2D eigenvalue weighted by atomic mass is 10.0. The van der Waals surface area contributed by atoms with E-state index >= 15 is 0 Å². The average molecular weight is 344 g/mol. The van der Waals surface area contributed by atoms with Crippen LogP contribution in [0.4, 0.5) is 0 Å². The molecule has 0 spiro atoms. The lowest BCUT2D eigenvalue weighted by Crippen LogP contribution is -2.02. The van der Waals surface area contributed by atoms with Gasteiger partial charge in [0.2, 0.25) is 5.78 Å². The molecule has 0 bridgehead atoms. The Kier molecular flexibility index (Phi) is 6.11. The number of hydrogen-bond donors (Lipinski definition) is 1. The summed E-state index contributed by atoms with van der Waals surface area (Å²) < 4.78 is 0. The van der Waals surface area contributed by atoms with E-state index in [0.717, 1.165) is 28.1 Å². The maximum atomic E-state index is 12.8. The van der Waals surface area contributed by atoms with Crippen LogP contribution in [0.1, 0.15) is 20.1 Å². The van der Waals surface area contributed by atoms with Crippen molar-refractivity contribution < 1.29 is 4.79 Å². The van der Waals surface area contributed by atoms with Gasteiger partial charge in [0, 0.05) is 22.5 Å². The summed E-state index contributed by atoms with van der Waals surface area (Å²) in [7, 11) is 1.92. The van der Waals surface area contributed by atoms with Crippen molar-refractivity contribution in [3.05, 3.63) is 82.0 Å². The Morgan fingerprint density at radius 3 is 2.22 bits per heavy atom. The molecule has 4 heteroatoms. The Balaban J connectivity index is 0.00000192. The smallest absolute Gasteiger partial charge is 0.203 e. The van der Waals surface area contributed by atoms with E-state index in [-0.39, 0.29) is 18.2 Å². The molecule has 1 heterocycles. The van der Waals surface area contributed by atoms with Gasteiger partial charge >= 0.3 is 0 Å². The number of rotatable bonds is 5. The molecule has 23 heavy (non-hydrogen) atoms. The van der Waals surface area contributed by atoms with E-state index in [0.29, 0.717) is 0 Å². The van der Waals surface area contributed by atoms with Gasteiger partial charge in [-0.2, -0.15) is 0 Å². The number of benzene rings is 2. The summed E-state index contributed by atoms with van der Waals surface area (Å²) in [5.41, 5.74) is 2.84. The van der Waals surface area contributed by atoms with Crippen molar-refractivity contribution in [2.45, 2.75) is 6.54 Å². The SMILES string of the molecule is CNCc1cc(-c2ccccc2)c(C(=O)c2ccccc2)s1.Cl. The van der Waals surface area contributed by atoms with Gasteiger partial charge in [0.25, 0.3) is 0 Å². The van der Waals surface area contributed by atoms with Gasteiger partial charge in [0.15, 0.2) is 0 Å². The fraction of sp³-hybridized carbons (Fsp3) is 0.105. The van der Waals surface area contributed by atoms with Crippen LogP contribution < -0.4 is 5.32 Å². The van der Waals surface area contributed by atoms with Crippen molar-refractivity contribution >= 4 is 29.5 Å². The third kappa shape index (κ3) is 3.88. The summed E-state index contributed by atoms with van der Waals surface area (Å²) >= 11 is 1.57. The maximum Gasteiger partial charge on any atom is 0.203 e. The molecule has 2 aromatic carbocycles. The molecular weight excluding hydrogens is 326 g/mol. The van der Waals surface area contributed by atoms with Gasteiger partial charge < -0.3 is 5.32 Å². The highest BCUT2D eigenvalue weighted by atomic mass is 35.5. The van der Waals surface area contributed by atoms with Crippen LogP contribution in [0.25, 0.3) is 11.1 Å². The van der Waals surface area contributed by atoms with Crippen molar-refractivity contribution in [1.82, 2.24) is 5.32 Å². The minimum absolute atomic E-state index is 0. The Labute approximate surface area is 146 Å². The third-order valence-corrected chi connectivity index (χ3v) is 4.59. The number of carbonyl (C=O) groups is 1. The first-order valence-corrected chi connectivity index (χ1v) is 8.03. The molecular formula is C19H18ClNOS. The van der Waals surface area contributed by atoms with Gasteiger partial charge in [-0.3, -0.25) is 4.79 Å². The Morgan fingerprint density at radius 2 is 1.61 bits per heavy atom. The number of carbonyl (C=O) groups excluding carboxylic acids is 1. The molecule has 1 aromatic heterocycles. The fourth-order valence-electron chi connectivity index (χ4n) is 2.42. The zero-order chi connectivity index (χ0) is 15.4. The van der Waals surface area contributed by atoms with E-state index in [1.807, 2.05) is 67.7 Å². The number of hydrogen-bond acceptors (Lipinski definition) is 3. The first kappa shape index (κ1) is 17.4. The zero-order valence-electron chi connectivity index (χ0n) is 12.8. The van der Waals surface area contributed by atoms with Crippen LogP contribution in [0, 0.1) is 0 Å². The summed E-state index contributed by atoms with van der Waals surface area (Å²) in [5.74, 6) is 0.0896. The second-order valence-electron chi connectivity index (χ2n) is 5.05. The van der Waals surface area contributed by atoms with Crippen molar-refractivity contribution in [2.75, 3.05) is 7.05 Å². The minimum Gasteiger partial charge on any atom is -0.315 e. The van der Waals surface area contributed by atoms with E-state index in [4.69, 9.17) is 0 Å². The lowest BCUT2D eigenvalue weighted by molar-refractivity contribution is 0.104. The predicted molar refractivity (Wildman–Crippen MR) is 99.6 cm³/mol. The van der Waals surface area contributed by atoms with Gasteiger partial charge in [0.1, 0.15) is 0 Å². The molecule has 0 aliphatic rings. The average Bonchev–Trinajstić information content (AvgIpc) is 3.00. The molecule has 1 N–H and O–H groups in total. The van der Waals surface area contributed by atoms with Crippen LogP contribution in [0.3, 0.4) is 0 Å². The highest BCUT2D eigenvalue weighted by molar-refractivity contribution is 7.14. The number of thiophene rings is 1. The molecule has 0 fully saturated rings. The minimum atomic E-state index is 0. The van der Waals surface area contributed by atoms with Crippen molar-refractivity contribution in [3.63, 3.8) is 0 Å². The number of nitrogens with one attached hydrogen (secondary N) is 1. The monoisotopic (exact) mass is 343 g/mol. The molecule has 2 nitrogen and oxygen atoms in total. The summed E-state index contributed by atoms with van der Waals surface area (Å²) in [6, 6.07) is 21.7. The largest absolute Gasteiger partial charge is 0.315 e. The number of ketones is 1. The molecule has 0 saturated heterocycles. The number of halogens is 1. The van der Waals surface area contributed by atoms with E-state index in [9.17, 15) is 4.79 Å². The normalized spacial score (nSPS) is 10.1. The van der Waals surface area contributed by atoms with E-state index in [1.165, 1.54) is 4.88 Å². The summed E-state index contributed by atoms with van der Waals surface area (Å²) in [5, 5.41) is 3.15. The second kappa shape index (κ2) is 8.06. The maximum absolute atomic E-state index is 12.8. The van der Waals surface area contributed by atoms with E-state index in [1.54, 1.807) is 11.3 Å². The molecule has 0 saturated carbocycles. The fourth-order valence-corrected chi connectivity index (χ4v) is 3.58. The molecule has 0 atom stereocenters. The van der Waals surface area contributed by atoms with Crippen LogP contribution in [0.5, 0.6) is 0 Å². The predicted octanol–water partition coefficient (Wildman–Crippen LogP) is 4.79. The van der Waals surface area contributed by atoms with Gasteiger partial charge in [-0.15, -0.1) is 23.7 Å². The molecule has 0 aliphatic heterocycles. The first-order chi connectivity index (χ1) is 10.8. The molecule has 3 rings (SSSR count).